The van der Waals surface area contributed by atoms with E-state index >= 15 is 0 Å². The number of carbonyl (C=O) groups excluding carboxylic acids is 1. The van der Waals surface area contributed by atoms with Gasteiger partial charge in [-0.05, 0) is 28.1 Å². The van der Waals surface area contributed by atoms with Crippen molar-refractivity contribution in [2.24, 2.45) is 0 Å². The predicted molar refractivity (Wildman–Crippen MR) is 57.0 cm³/mol. The zero-order valence-corrected chi connectivity index (χ0v) is 9.98. The van der Waals surface area contributed by atoms with Crippen LogP contribution in [-0.2, 0) is 4.74 Å². The lowest BCUT2D eigenvalue weighted by Gasteiger charge is -2.08. The Morgan fingerprint density at radius 2 is 2.07 bits per heavy atom. The Morgan fingerprint density at radius 3 is 2.57 bits per heavy atom. The van der Waals surface area contributed by atoms with Gasteiger partial charge >= 0.3 is 5.97 Å². The highest BCUT2D eigenvalue weighted by Gasteiger charge is 2.15. The van der Waals surface area contributed by atoms with Crippen molar-refractivity contribution in [3.8, 4) is 5.75 Å². The van der Waals surface area contributed by atoms with Gasteiger partial charge in [0.1, 0.15) is 11.3 Å². The summed E-state index contributed by atoms with van der Waals surface area (Å²) in [6.07, 6.45) is 0. The van der Waals surface area contributed by atoms with Crippen LogP contribution in [0, 0.1) is 0 Å². The summed E-state index contributed by atoms with van der Waals surface area (Å²) in [6, 6.07) is 3.12. The van der Waals surface area contributed by atoms with E-state index in [-0.39, 0.29) is 0 Å². The molecule has 0 heterocycles. The molecule has 1 aromatic rings. The normalized spacial score (nSPS) is 9.71. The molecule has 3 nitrogen and oxygen atoms in total. The molecular weight excluding hydrogens is 271 g/mol. The fraction of sp³-hybridized carbons (Fsp3) is 0.222. The zero-order valence-electron chi connectivity index (χ0n) is 7.64. The average Bonchev–Trinajstić information content (AvgIpc) is 2.20. The summed E-state index contributed by atoms with van der Waals surface area (Å²) in [5, 5.41) is 0.436. The van der Waals surface area contributed by atoms with E-state index in [4.69, 9.17) is 16.3 Å². The number of methoxy groups -OCH3 is 2. The van der Waals surface area contributed by atoms with Crippen LogP contribution >= 0.6 is 27.5 Å². The average molecular weight is 280 g/mol. The lowest BCUT2D eigenvalue weighted by atomic mass is 10.2. The van der Waals surface area contributed by atoms with Gasteiger partial charge in [0.15, 0.2) is 0 Å². The summed E-state index contributed by atoms with van der Waals surface area (Å²) in [7, 11) is 2.78. The van der Waals surface area contributed by atoms with Crippen LogP contribution in [0.25, 0.3) is 0 Å². The maximum atomic E-state index is 11.3. The van der Waals surface area contributed by atoms with Crippen molar-refractivity contribution in [3.05, 3.63) is 27.2 Å². The molecule has 0 saturated heterocycles. The van der Waals surface area contributed by atoms with Gasteiger partial charge in [-0.15, -0.1) is 0 Å². The summed E-state index contributed by atoms with van der Waals surface area (Å²) < 4.78 is 10.3. The first-order valence-electron chi connectivity index (χ1n) is 3.71. The summed E-state index contributed by atoms with van der Waals surface area (Å²) in [5.74, 6) is -0.0515. The molecular formula is C9H8BrClO3. The Bertz CT molecular complexity index is 365. The van der Waals surface area contributed by atoms with Crippen molar-refractivity contribution in [2.75, 3.05) is 14.2 Å². The molecule has 76 valence electrons. The summed E-state index contributed by atoms with van der Waals surface area (Å²) in [6.45, 7) is 0. The van der Waals surface area contributed by atoms with Gasteiger partial charge in [0, 0.05) is 4.47 Å². The summed E-state index contributed by atoms with van der Waals surface area (Å²) in [4.78, 5) is 11.3. The van der Waals surface area contributed by atoms with Crippen molar-refractivity contribution in [2.45, 2.75) is 0 Å². The van der Waals surface area contributed by atoms with Crippen LogP contribution in [0.4, 0.5) is 0 Å². The molecule has 1 aromatic carbocycles. The van der Waals surface area contributed by atoms with Gasteiger partial charge in [-0.25, -0.2) is 4.79 Å². The SMILES string of the molecule is COC(=O)c1cc(Cl)c(Br)cc1OC. The second-order valence-electron chi connectivity index (χ2n) is 2.46. The third-order valence-electron chi connectivity index (χ3n) is 1.65. The van der Waals surface area contributed by atoms with Gasteiger partial charge in [0.25, 0.3) is 0 Å². The fourth-order valence-corrected chi connectivity index (χ4v) is 1.45. The first-order valence-corrected chi connectivity index (χ1v) is 4.88. The van der Waals surface area contributed by atoms with Crippen molar-refractivity contribution in [1.82, 2.24) is 0 Å². The topological polar surface area (TPSA) is 35.5 Å². The number of carbonyl (C=O) groups is 1. The largest absolute Gasteiger partial charge is 0.496 e. The van der Waals surface area contributed by atoms with Crippen LogP contribution in [-0.4, -0.2) is 20.2 Å². The Balaban J connectivity index is 3.27. The Hall–Kier alpha value is -0.740. The van der Waals surface area contributed by atoms with Gasteiger partial charge in [-0.3, -0.25) is 0 Å². The number of halogens is 2. The third-order valence-corrected chi connectivity index (χ3v) is 2.84. The third kappa shape index (κ3) is 2.19. The minimum absolute atomic E-state index is 0.309. The standard InChI is InChI=1S/C9H8BrClO3/c1-13-8-4-6(10)7(11)3-5(8)9(12)14-2/h3-4H,1-2H3. The summed E-state index contributed by atoms with van der Waals surface area (Å²) >= 11 is 9.06. The lowest BCUT2D eigenvalue weighted by molar-refractivity contribution is 0.0597. The van der Waals surface area contributed by atoms with E-state index in [1.54, 1.807) is 6.07 Å². The highest BCUT2D eigenvalue weighted by atomic mass is 79.9. The van der Waals surface area contributed by atoms with E-state index in [1.165, 1.54) is 20.3 Å². The van der Waals surface area contributed by atoms with E-state index in [2.05, 4.69) is 20.7 Å². The van der Waals surface area contributed by atoms with Gasteiger partial charge < -0.3 is 9.47 Å². The van der Waals surface area contributed by atoms with Crippen LogP contribution in [0.1, 0.15) is 10.4 Å². The molecule has 0 unspecified atom stereocenters. The van der Waals surface area contributed by atoms with Crippen molar-refractivity contribution in [1.29, 1.82) is 0 Å². The van der Waals surface area contributed by atoms with E-state index in [1.807, 2.05) is 0 Å². The quantitative estimate of drug-likeness (QED) is 0.781. The molecule has 0 N–H and O–H groups in total. The summed E-state index contributed by atoms with van der Waals surface area (Å²) in [5.41, 5.74) is 0.309. The molecule has 0 aliphatic rings. The van der Waals surface area contributed by atoms with Crippen LogP contribution in [0.3, 0.4) is 0 Å². The number of esters is 1. The Morgan fingerprint density at radius 1 is 1.43 bits per heavy atom. The molecule has 0 aliphatic heterocycles. The van der Waals surface area contributed by atoms with Crippen LogP contribution < -0.4 is 4.74 Å². The van der Waals surface area contributed by atoms with E-state index in [0.717, 1.165) is 0 Å². The second-order valence-corrected chi connectivity index (χ2v) is 3.72. The molecule has 0 amide bonds. The zero-order chi connectivity index (χ0) is 10.7. The van der Waals surface area contributed by atoms with Gasteiger partial charge in [-0.1, -0.05) is 11.6 Å². The number of hydrogen-bond donors (Lipinski definition) is 0. The maximum Gasteiger partial charge on any atom is 0.341 e. The molecule has 0 fully saturated rings. The van der Waals surface area contributed by atoms with Crippen molar-refractivity contribution >= 4 is 33.5 Å². The molecule has 5 heteroatoms. The van der Waals surface area contributed by atoms with Gasteiger partial charge in [-0.2, -0.15) is 0 Å². The van der Waals surface area contributed by atoms with E-state index in [0.29, 0.717) is 20.8 Å². The minimum Gasteiger partial charge on any atom is -0.496 e. The van der Waals surface area contributed by atoms with Crippen LogP contribution in [0.5, 0.6) is 5.75 Å². The molecule has 0 aromatic heterocycles. The Kier molecular flexibility index (Phi) is 3.77. The van der Waals surface area contributed by atoms with Gasteiger partial charge in [0.2, 0.25) is 0 Å². The number of benzene rings is 1. The minimum atomic E-state index is -0.476. The highest BCUT2D eigenvalue weighted by molar-refractivity contribution is 9.10. The molecule has 0 aliphatic carbocycles. The van der Waals surface area contributed by atoms with Crippen molar-refractivity contribution < 1.29 is 14.3 Å². The number of ether oxygens (including phenoxy) is 2. The first-order chi connectivity index (χ1) is 6.60. The number of rotatable bonds is 2. The smallest absolute Gasteiger partial charge is 0.341 e. The second kappa shape index (κ2) is 4.66. The van der Waals surface area contributed by atoms with Crippen LogP contribution in [0.15, 0.2) is 16.6 Å². The predicted octanol–water partition coefficient (Wildman–Crippen LogP) is 2.90. The fourth-order valence-electron chi connectivity index (χ4n) is 0.967. The van der Waals surface area contributed by atoms with E-state index in [9.17, 15) is 4.79 Å². The Labute approximate surface area is 95.1 Å². The molecule has 0 atom stereocenters. The highest BCUT2D eigenvalue weighted by Crippen LogP contribution is 2.31. The maximum absolute atomic E-state index is 11.3. The molecule has 0 radical (unpaired) electrons. The van der Waals surface area contributed by atoms with Crippen LogP contribution in [0.2, 0.25) is 5.02 Å². The lowest BCUT2D eigenvalue weighted by Crippen LogP contribution is -2.04. The molecule has 0 bridgehead atoms. The van der Waals surface area contributed by atoms with E-state index < -0.39 is 5.97 Å². The van der Waals surface area contributed by atoms with Crippen molar-refractivity contribution in [3.63, 3.8) is 0 Å². The number of hydrogen-bond acceptors (Lipinski definition) is 3. The molecule has 0 saturated carbocycles. The monoisotopic (exact) mass is 278 g/mol. The molecule has 0 spiro atoms. The molecule has 1 rings (SSSR count). The molecule has 14 heavy (non-hydrogen) atoms. The van der Waals surface area contributed by atoms with Gasteiger partial charge in [0.05, 0.1) is 19.2 Å². The first kappa shape index (κ1) is 11.3.